The molecule has 0 spiro atoms. The third-order valence-corrected chi connectivity index (χ3v) is 4.57. The zero-order valence-electron chi connectivity index (χ0n) is 14.7. The predicted octanol–water partition coefficient (Wildman–Crippen LogP) is 3.20. The Balaban J connectivity index is 1.62. The zero-order valence-corrected chi connectivity index (χ0v) is 14.7. The fourth-order valence-corrected chi connectivity index (χ4v) is 3.08. The Morgan fingerprint density at radius 1 is 1.00 bits per heavy atom. The average Bonchev–Trinajstić information content (AvgIpc) is 2.64. The smallest absolute Gasteiger partial charge is 0.338 e. The van der Waals surface area contributed by atoms with Crippen LogP contribution in [-0.4, -0.2) is 43.9 Å². The topological polar surface area (TPSA) is 53.0 Å². The molecule has 2 aromatic carbocycles. The van der Waals surface area contributed by atoms with Gasteiger partial charge in [-0.2, -0.15) is 0 Å². The molecule has 0 amide bonds. The van der Waals surface area contributed by atoms with Crippen molar-refractivity contribution >= 4 is 17.3 Å². The van der Waals surface area contributed by atoms with Crippen LogP contribution in [0.5, 0.6) is 5.75 Å². The predicted molar refractivity (Wildman–Crippen MR) is 99.7 cm³/mol. The molecule has 0 aliphatic carbocycles. The number of aromatic hydroxyl groups is 1. The van der Waals surface area contributed by atoms with Crippen molar-refractivity contribution in [2.75, 3.05) is 42.6 Å². The van der Waals surface area contributed by atoms with Gasteiger partial charge < -0.3 is 19.6 Å². The van der Waals surface area contributed by atoms with Gasteiger partial charge in [0, 0.05) is 37.6 Å². The van der Waals surface area contributed by atoms with Gasteiger partial charge in [-0.25, -0.2) is 4.79 Å². The second kappa shape index (κ2) is 7.47. The van der Waals surface area contributed by atoms with Crippen molar-refractivity contribution in [2.24, 2.45) is 0 Å². The number of esters is 1. The lowest BCUT2D eigenvalue weighted by Gasteiger charge is -2.37. The van der Waals surface area contributed by atoms with Gasteiger partial charge in [0.05, 0.1) is 12.2 Å². The van der Waals surface area contributed by atoms with Crippen LogP contribution >= 0.6 is 0 Å². The number of piperazine rings is 1. The number of benzene rings is 2. The maximum Gasteiger partial charge on any atom is 0.338 e. The van der Waals surface area contributed by atoms with E-state index < -0.39 is 0 Å². The molecule has 0 aromatic heterocycles. The third-order valence-electron chi connectivity index (χ3n) is 4.57. The summed E-state index contributed by atoms with van der Waals surface area (Å²) in [5.41, 5.74) is 3.75. The maximum atomic E-state index is 11.7. The molecule has 25 heavy (non-hydrogen) atoms. The van der Waals surface area contributed by atoms with Gasteiger partial charge in [-0.15, -0.1) is 0 Å². The molecule has 1 fully saturated rings. The van der Waals surface area contributed by atoms with E-state index in [2.05, 4.69) is 9.80 Å². The highest BCUT2D eigenvalue weighted by Gasteiger charge is 2.18. The number of carbonyl (C=O) groups is 1. The summed E-state index contributed by atoms with van der Waals surface area (Å²) in [4.78, 5) is 16.4. The number of hydrogen-bond donors (Lipinski definition) is 1. The average molecular weight is 340 g/mol. The molecule has 5 heteroatoms. The van der Waals surface area contributed by atoms with Crippen LogP contribution in [0.25, 0.3) is 0 Å². The molecular formula is C20H24N2O3. The molecule has 1 heterocycles. The fraction of sp³-hybridized carbons (Fsp3) is 0.350. The minimum absolute atomic E-state index is 0.276. The van der Waals surface area contributed by atoms with Crippen molar-refractivity contribution in [3.05, 3.63) is 53.6 Å². The monoisotopic (exact) mass is 340 g/mol. The molecule has 1 N–H and O–H groups in total. The van der Waals surface area contributed by atoms with Gasteiger partial charge in [-0.3, -0.25) is 0 Å². The highest BCUT2D eigenvalue weighted by molar-refractivity contribution is 5.89. The van der Waals surface area contributed by atoms with Gasteiger partial charge in [-0.05, 0) is 61.9 Å². The molecule has 1 saturated heterocycles. The van der Waals surface area contributed by atoms with E-state index in [-0.39, 0.29) is 5.97 Å². The Kier molecular flexibility index (Phi) is 5.12. The molecule has 5 nitrogen and oxygen atoms in total. The minimum atomic E-state index is -0.276. The normalized spacial score (nSPS) is 14.5. The fourth-order valence-electron chi connectivity index (χ4n) is 3.08. The van der Waals surface area contributed by atoms with E-state index in [1.807, 2.05) is 43.3 Å². The van der Waals surface area contributed by atoms with Crippen molar-refractivity contribution in [3.63, 3.8) is 0 Å². The molecule has 132 valence electrons. The van der Waals surface area contributed by atoms with Crippen LogP contribution < -0.4 is 9.80 Å². The second-order valence-electron chi connectivity index (χ2n) is 6.21. The summed E-state index contributed by atoms with van der Waals surface area (Å²) in [5, 5.41) is 9.67. The quantitative estimate of drug-likeness (QED) is 0.866. The van der Waals surface area contributed by atoms with Crippen LogP contribution in [0.2, 0.25) is 0 Å². The van der Waals surface area contributed by atoms with Gasteiger partial charge in [0.2, 0.25) is 0 Å². The number of carbonyl (C=O) groups excluding carboxylic acids is 1. The van der Waals surface area contributed by atoms with Crippen molar-refractivity contribution < 1.29 is 14.6 Å². The summed E-state index contributed by atoms with van der Waals surface area (Å²) < 4.78 is 5.02. The van der Waals surface area contributed by atoms with Crippen molar-refractivity contribution in [2.45, 2.75) is 13.8 Å². The number of phenolic OH excluding ortho intramolecular Hbond substituents is 1. The summed E-state index contributed by atoms with van der Waals surface area (Å²) in [5.74, 6) is 0.0608. The number of hydrogen-bond acceptors (Lipinski definition) is 5. The molecule has 3 rings (SSSR count). The Morgan fingerprint density at radius 2 is 1.56 bits per heavy atom. The van der Waals surface area contributed by atoms with Crippen LogP contribution in [0.15, 0.2) is 42.5 Å². The van der Waals surface area contributed by atoms with Crippen molar-refractivity contribution in [1.82, 2.24) is 0 Å². The molecule has 1 aliphatic heterocycles. The molecule has 0 atom stereocenters. The molecule has 0 bridgehead atoms. The molecule has 0 unspecified atom stereocenters. The standard InChI is InChI=1S/C20H24N2O3/c1-3-25-20(24)16-4-6-17(7-5-16)21-10-12-22(13-11-21)18-8-9-19(23)15(2)14-18/h4-9,14,23H,3,10-13H2,1-2H3. The molecule has 2 aromatic rings. The Hall–Kier alpha value is -2.69. The number of anilines is 2. The van der Waals surface area contributed by atoms with E-state index in [4.69, 9.17) is 4.74 Å². The lowest BCUT2D eigenvalue weighted by atomic mass is 10.1. The summed E-state index contributed by atoms with van der Waals surface area (Å²) in [6.45, 7) is 7.78. The van der Waals surface area contributed by atoms with E-state index in [9.17, 15) is 9.90 Å². The Morgan fingerprint density at radius 3 is 2.12 bits per heavy atom. The summed E-state index contributed by atoms with van der Waals surface area (Å²) in [6, 6.07) is 13.3. The van der Waals surface area contributed by atoms with Gasteiger partial charge in [-0.1, -0.05) is 0 Å². The number of ether oxygens (including phenoxy) is 1. The molecule has 0 saturated carbocycles. The Labute approximate surface area is 148 Å². The first kappa shape index (κ1) is 17.1. The maximum absolute atomic E-state index is 11.7. The third kappa shape index (κ3) is 3.87. The van der Waals surface area contributed by atoms with Crippen molar-refractivity contribution in [3.8, 4) is 5.75 Å². The summed E-state index contributed by atoms with van der Waals surface area (Å²) >= 11 is 0. The highest BCUT2D eigenvalue weighted by Crippen LogP contribution is 2.25. The van der Waals surface area contributed by atoms with Crippen LogP contribution in [0.1, 0.15) is 22.8 Å². The molecule has 1 aliphatic rings. The lowest BCUT2D eigenvalue weighted by Crippen LogP contribution is -2.46. The SMILES string of the molecule is CCOC(=O)c1ccc(N2CCN(c3ccc(O)c(C)c3)CC2)cc1. The van der Waals surface area contributed by atoms with Gasteiger partial charge in [0.15, 0.2) is 0 Å². The van der Waals surface area contributed by atoms with E-state index in [0.29, 0.717) is 17.9 Å². The second-order valence-corrected chi connectivity index (χ2v) is 6.21. The number of nitrogens with zero attached hydrogens (tertiary/aromatic N) is 2. The lowest BCUT2D eigenvalue weighted by molar-refractivity contribution is 0.0526. The van der Waals surface area contributed by atoms with E-state index in [0.717, 1.165) is 43.1 Å². The molecule has 0 radical (unpaired) electrons. The van der Waals surface area contributed by atoms with Crippen LogP contribution in [0, 0.1) is 6.92 Å². The first-order valence-electron chi connectivity index (χ1n) is 8.65. The Bertz CT molecular complexity index is 735. The van der Waals surface area contributed by atoms with Crippen molar-refractivity contribution in [1.29, 1.82) is 0 Å². The van der Waals surface area contributed by atoms with Gasteiger partial charge in [0.1, 0.15) is 5.75 Å². The van der Waals surface area contributed by atoms with Crippen LogP contribution in [0.3, 0.4) is 0 Å². The number of phenols is 1. The number of aryl methyl sites for hydroxylation is 1. The highest BCUT2D eigenvalue weighted by atomic mass is 16.5. The summed E-state index contributed by atoms with van der Waals surface area (Å²) in [6.07, 6.45) is 0. The number of rotatable bonds is 4. The summed E-state index contributed by atoms with van der Waals surface area (Å²) in [7, 11) is 0. The largest absolute Gasteiger partial charge is 0.508 e. The zero-order chi connectivity index (χ0) is 17.8. The van der Waals surface area contributed by atoms with E-state index in [1.54, 1.807) is 13.0 Å². The van der Waals surface area contributed by atoms with Crippen LogP contribution in [0.4, 0.5) is 11.4 Å². The first-order valence-corrected chi connectivity index (χ1v) is 8.65. The van der Waals surface area contributed by atoms with E-state index >= 15 is 0 Å². The first-order chi connectivity index (χ1) is 12.1. The van der Waals surface area contributed by atoms with Gasteiger partial charge in [0.25, 0.3) is 0 Å². The molecular weight excluding hydrogens is 316 g/mol. The van der Waals surface area contributed by atoms with Gasteiger partial charge >= 0.3 is 5.97 Å². The van der Waals surface area contributed by atoms with Crippen LogP contribution in [-0.2, 0) is 4.74 Å². The van der Waals surface area contributed by atoms with E-state index in [1.165, 1.54) is 0 Å². The minimum Gasteiger partial charge on any atom is -0.508 e.